The first kappa shape index (κ1) is 18.3. The summed E-state index contributed by atoms with van der Waals surface area (Å²) in [7, 11) is 0. The van der Waals surface area contributed by atoms with Crippen molar-refractivity contribution >= 4 is 11.9 Å². The molecule has 1 saturated carbocycles. The van der Waals surface area contributed by atoms with Crippen LogP contribution in [0.3, 0.4) is 0 Å². The highest BCUT2D eigenvalue weighted by Crippen LogP contribution is 2.31. The molecular formula is C19H27NO4. The van der Waals surface area contributed by atoms with E-state index in [-0.39, 0.29) is 23.2 Å². The Morgan fingerprint density at radius 1 is 1.25 bits per heavy atom. The van der Waals surface area contributed by atoms with Crippen molar-refractivity contribution in [2.24, 2.45) is 11.8 Å². The number of aliphatic carboxylic acids is 1. The van der Waals surface area contributed by atoms with Crippen molar-refractivity contribution in [3.63, 3.8) is 0 Å². The smallest absolute Gasteiger partial charge is 0.306 e. The van der Waals surface area contributed by atoms with Gasteiger partial charge in [0.2, 0.25) is 5.91 Å². The van der Waals surface area contributed by atoms with Gasteiger partial charge in [-0.15, -0.1) is 0 Å². The number of carboxylic acids is 1. The van der Waals surface area contributed by atoms with Gasteiger partial charge in [0.25, 0.3) is 0 Å². The molecule has 1 aliphatic carbocycles. The van der Waals surface area contributed by atoms with Crippen LogP contribution < -0.4 is 10.1 Å². The predicted octanol–water partition coefficient (Wildman–Crippen LogP) is 2.98. The first-order valence-corrected chi connectivity index (χ1v) is 8.51. The summed E-state index contributed by atoms with van der Waals surface area (Å²) < 4.78 is 5.71. The zero-order chi connectivity index (χ0) is 17.7. The van der Waals surface area contributed by atoms with E-state index in [0.717, 1.165) is 5.75 Å². The van der Waals surface area contributed by atoms with Gasteiger partial charge in [0.05, 0.1) is 12.5 Å². The Hall–Kier alpha value is -2.04. The SMILES string of the molecule is CC(C)(C)c1cccc(OCCNC(=O)[C@@H]2CC[C@H](C(=O)O)C2)c1. The van der Waals surface area contributed by atoms with Gasteiger partial charge in [-0.2, -0.15) is 0 Å². The first-order valence-electron chi connectivity index (χ1n) is 8.51. The van der Waals surface area contributed by atoms with Crippen LogP contribution in [0.1, 0.15) is 45.6 Å². The molecule has 0 aromatic heterocycles. The molecule has 1 aromatic rings. The molecule has 0 heterocycles. The fourth-order valence-electron chi connectivity index (χ4n) is 2.98. The van der Waals surface area contributed by atoms with Gasteiger partial charge in [-0.05, 0) is 42.4 Å². The minimum atomic E-state index is -0.799. The van der Waals surface area contributed by atoms with E-state index in [1.165, 1.54) is 5.56 Å². The van der Waals surface area contributed by atoms with Crippen molar-refractivity contribution in [3.8, 4) is 5.75 Å². The minimum absolute atomic E-state index is 0.0641. The first-order chi connectivity index (χ1) is 11.3. The summed E-state index contributed by atoms with van der Waals surface area (Å²) in [6.07, 6.45) is 1.68. The van der Waals surface area contributed by atoms with Gasteiger partial charge in [0.15, 0.2) is 0 Å². The van der Waals surface area contributed by atoms with Gasteiger partial charge in [-0.3, -0.25) is 9.59 Å². The molecular weight excluding hydrogens is 306 g/mol. The number of carboxylic acid groups (broad SMARTS) is 1. The molecule has 2 rings (SSSR count). The lowest BCUT2D eigenvalue weighted by molar-refractivity contribution is -0.141. The standard InChI is InChI=1S/C19H27NO4/c1-19(2,3)15-5-4-6-16(12-15)24-10-9-20-17(21)13-7-8-14(11-13)18(22)23/h4-6,12-14H,7-11H2,1-3H3,(H,20,21)(H,22,23)/t13-,14+/m1/s1. The second kappa shape index (κ2) is 7.69. The normalized spacial score (nSPS) is 20.6. The highest BCUT2D eigenvalue weighted by Gasteiger charge is 2.33. The lowest BCUT2D eigenvalue weighted by Crippen LogP contribution is -2.33. The van der Waals surface area contributed by atoms with Crippen LogP contribution in [-0.4, -0.2) is 30.1 Å². The van der Waals surface area contributed by atoms with Gasteiger partial charge in [-0.1, -0.05) is 32.9 Å². The molecule has 0 bridgehead atoms. The van der Waals surface area contributed by atoms with Crippen LogP contribution in [0.4, 0.5) is 0 Å². The molecule has 0 aliphatic heterocycles. The average Bonchev–Trinajstić information content (AvgIpc) is 3.01. The van der Waals surface area contributed by atoms with Crippen molar-refractivity contribution in [2.45, 2.75) is 45.4 Å². The number of hydrogen-bond donors (Lipinski definition) is 2. The van der Waals surface area contributed by atoms with Crippen molar-refractivity contribution in [3.05, 3.63) is 29.8 Å². The zero-order valence-electron chi connectivity index (χ0n) is 14.7. The molecule has 2 N–H and O–H groups in total. The van der Waals surface area contributed by atoms with Crippen LogP contribution in [0.2, 0.25) is 0 Å². The number of rotatable bonds is 6. The van der Waals surface area contributed by atoms with Crippen LogP contribution in [0.15, 0.2) is 24.3 Å². The second-order valence-corrected chi connectivity index (χ2v) is 7.46. The zero-order valence-corrected chi connectivity index (χ0v) is 14.7. The van der Waals surface area contributed by atoms with E-state index in [2.05, 4.69) is 32.2 Å². The maximum absolute atomic E-state index is 12.1. The Morgan fingerprint density at radius 2 is 1.96 bits per heavy atom. The van der Waals surface area contributed by atoms with E-state index in [1.54, 1.807) is 0 Å². The summed E-state index contributed by atoms with van der Waals surface area (Å²) in [4.78, 5) is 23.0. The molecule has 1 amide bonds. The molecule has 0 spiro atoms. The number of hydrogen-bond acceptors (Lipinski definition) is 3. The average molecular weight is 333 g/mol. The molecule has 132 valence electrons. The fraction of sp³-hybridized carbons (Fsp3) is 0.579. The van der Waals surface area contributed by atoms with Crippen molar-refractivity contribution in [1.82, 2.24) is 5.32 Å². The van der Waals surface area contributed by atoms with Gasteiger partial charge in [-0.25, -0.2) is 0 Å². The van der Waals surface area contributed by atoms with Crippen LogP contribution >= 0.6 is 0 Å². The van der Waals surface area contributed by atoms with Gasteiger partial charge in [0, 0.05) is 5.92 Å². The monoisotopic (exact) mass is 333 g/mol. The summed E-state index contributed by atoms with van der Waals surface area (Å²) >= 11 is 0. The Balaban J connectivity index is 1.73. The maximum Gasteiger partial charge on any atom is 0.306 e. The summed E-state index contributed by atoms with van der Waals surface area (Å²) in [6.45, 7) is 7.27. The summed E-state index contributed by atoms with van der Waals surface area (Å²) in [6, 6.07) is 7.98. The third kappa shape index (κ3) is 4.98. The largest absolute Gasteiger partial charge is 0.492 e. The predicted molar refractivity (Wildman–Crippen MR) is 92.1 cm³/mol. The van der Waals surface area contributed by atoms with E-state index >= 15 is 0 Å². The third-order valence-corrected chi connectivity index (χ3v) is 4.52. The molecule has 24 heavy (non-hydrogen) atoms. The molecule has 5 nitrogen and oxygen atoms in total. The van der Waals surface area contributed by atoms with Gasteiger partial charge in [0.1, 0.15) is 12.4 Å². The number of benzene rings is 1. The van der Waals surface area contributed by atoms with Crippen molar-refractivity contribution in [2.75, 3.05) is 13.2 Å². The molecule has 1 aliphatic rings. The highest BCUT2D eigenvalue weighted by atomic mass is 16.5. The number of ether oxygens (including phenoxy) is 1. The topological polar surface area (TPSA) is 75.6 Å². The third-order valence-electron chi connectivity index (χ3n) is 4.52. The van der Waals surface area contributed by atoms with E-state index in [9.17, 15) is 9.59 Å². The lowest BCUT2D eigenvalue weighted by Gasteiger charge is -2.19. The molecule has 1 aromatic carbocycles. The number of carbonyl (C=O) groups is 2. The summed E-state index contributed by atoms with van der Waals surface area (Å²) in [5.41, 5.74) is 1.27. The molecule has 0 unspecified atom stereocenters. The van der Waals surface area contributed by atoms with E-state index < -0.39 is 5.97 Å². The lowest BCUT2D eigenvalue weighted by atomic mass is 9.87. The van der Waals surface area contributed by atoms with Gasteiger partial charge < -0.3 is 15.2 Å². The van der Waals surface area contributed by atoms with E-state index in [4.69, 9.17) is 9.84 Å². The van der Waals surface area contributed by atoms with Crippen molar-refractivity contribution in [1.29, 1.82) is 0 Å². The van der Waals surface area contributed by atoms with Crippen LogP contribution in [0, 0.1) is 11.8 Å². The molecule has 5 heteroatoms. The molecule has 1 fully saturated rings. The van der Waals surface area contributed by atoms with E-state index in [0.29, 0.717) is 32.4 Å². The second-order valence-electron chi connectivity index (χ2n) is 7.46. The quantitative estimate of drug-likeness (QED) is 0.785. The highest BCUT2D eigenvalue weighted by molar-refractivity contribution is 5.80. The maximum atomic E-state index is 12.1. The Bertz CT molecular complexity index is 591. The molecule has 0 radical (unpaired) electrons. The number of carbonyl (C=O) groups excluding carboxylic acids is 1. The van der Waals surface area contributed by atoms with Gasteiger partial charge >= 0.3 is 5.97 Å². The van der Waals surface area contributed by atoms with Crippen LogP contribution in [-0.2, 0) is 15.0 Å². The Labute approximate surface area is 143 Å². The number of nitrogens with one attached hydrogen (secondary N) is 1. The van der Waals surface area contributed by atoms with Crippen LogP contribution in [0.5, 0.6) is 5.75 Å². The van der Waals surface area contributed by atoms with Crippen LogP contribution in [0.25, 0.3) is 0 Å². The Morgan fingerprint density at radius 3 is 2.58 bits per heavy atom. The fourth-order valence-corrected chi connectivity index (χ4v) is 2.98. The molecule has 0 saturated heterocycles. The van der Waals surface area contributed by atoms with E-state index in [1.807, 2.05) is 18.2 Å². The number of amides is 1. The molecule has 2 atom stereocenters. The summed E-state index contributed by atoms with van der Waals surface area (Å²) in [5, 5.41) is 11.8. The summed E-state index contributed by atoms with van der Waals surface area (Å²) in [5.74, 6) is -0.630. The Kier molecular flexibility index (Phi) is 5.86. The minimum Gasteiger partial charge on any atom is -0.492 e. The van der Waals surface area contributed by atoms with Crippen molar-refractivity contribution < 1.29 is 19.4 Å².